The van der Waals surface area contributed by atoms with Gasteiger partial charge in [0, 0.05) is 17.1 Å². The molecule has 0 bridgehead atoms. The van der Waals surface area contributed by atoms with Crippen molar-refractivity contribution in [1.82, 2.24) is 14.9 Å². The van der Waals surface area contributed by atoms with E-state index in [2.05, 4.69) is 25.5 Å². The van der Waals surface area contributed by atoms with Crippen molar-refractivity contribution in [1.29, 1.82) is 0 Å². The Morgan fingerprint density at radius 2 is 2.03 bits per heavy atom. The molecule has 0 saturated carbocycles. The van der Waals surface area contributed by atoms with Gasteiger partial charge in [-0.15, -0.1) is 0 Å². The zero-order valence-electron chi connectivity index (χ0n) is 20.4. The highest BCUT2D eigenvalue weighted by Gasteiger charge is 2.13. The summed E-state index contributed by atoms with van der Waals surface area (Å²) in [4.78, 5) is 23.8. The average molecular weight is 512 g/mol. The molecule has 1 aliphatic heterocycles. The number of aromatic nitrogens is 2. The molecule has 4 rings (SSSR count). The van der Waals surface area contributed by atoms with Gasteiger partial charge in [-0.2, -0.15) is 0 Å². The Hall–Kier alpha value is -3.23. The topological polar surface area (TPSA) is 79.4 Å². The molecule has 1 fully saturated rings. The Morgan fingerprint density at radius 1 is 1.19 bits per heavy atom. The molecule has 0 spiro atoms. The van der Waals surface area contributed by atoms with Gasteiger partial charge < -0.3 is 20.3 Å². The fraction of sp³-hybridized carbons (Fsp3) is 0.370. The number of hydrogen-bond donors (Lipinski definition) is 2. The molecule has 0 aliphatic carbocycles. The van der Waals surface area contributed by atoms with E-state index in [1.165, 1.54) is 50.8 Å². The fourth-order valence-electron chi connectivity index (χ4n) is 4.25. The molecule has 2 aromatic carbocycles. The molecule has 0 unspecified atom stereocenters. The van der Waals surface area contributed by atoms with E-state index in [4.69, 9.17) is 16.3 Å². The van der Waals surface area contributed by atoms with E-state index in [-0.39, 0.29) is 10.9 Å². The summed E-state index contributed by atoms with van der Waals surface area (Å²) in [5.41, 5.74) is 1.73. The van der Waals surface area contributed by atoms with Gasteiger partial charge in [0.1, 0.15) is 23.7 Å². The second kappa shape index (κ2) is 12.6. The summed E-state index contributed by atoms with van der Waals surface area (Å²) in [5.74, 6) is 0.284. The van der Waals surface area contributed by atoms with E-state index in [1.54, 1.807) is 24.3 Å². The van der Waals surface area contributed by atoms with Crippen molar-refractivity contribution in [2.75, 3.05) is 36.9 Å². The van der Waals surface area contributed by atoms with Gasteiger partial charge in [-0.05, 0) is 82.6 Å². The van der Waals surface area contributed by atoms with Crippen LogP contribution in [-0.4, -0.2) is 47.0 Å². The summed E-state index contributed by atoms with van der Waals surface area (Å²) in [7, 11) is 0. The van der Waals surface area contributed by atoms with Crippen LogP contribution in [0, 0.1) is 5.82 Å². The molecule has 2 heterocycles. The van der Waals surface area contributed by atoms with Crippen molar-refractivity contribution in [2.24, 2.45) is 0 Å². The van der Waals surface area contributed by atoms with Crippen LogP contribution in [0.1, 0.15) is 39.0 Å². The normalized spacial score (nSPS) is 14.3. The minimum atomic E-state index is -0.499. The molecule has 1 aromatic heterocycles. The van der Waals surface area contributed by atoms with Gasteiger partial charge in [0.25, 0.3) is 0 Å². The number of likely N-dealkylation sites (tertiary alicyclic amines) is 1. The summed E-state index contributed by atoms with van der Waals surface area (Å²) < 4.78 is 19.3. The standard InChI is InChI=1S/C27H31ClFN5O2/c1-2-36-25-17-23-20(27(31-18-30-23)32-19-10-11-22(29)21(28)15-19)16-24(25)33-26(35)9-5-3-6-12-34-13-7-4-8-14-34/h5,9-11,15-18H,2-4,6-8,12-14H2,1H3,(H,33,35)(H,30,31,32). The molecule has 3 aromatic rings. The largest absolute Gasteiger partial charge is 0.492 e. The predicted octanol–water partition coefficient (Wildman–Crippen LogP) is 6.33. The lowest BCUT2D eigenvalue weighted by molar-refractivity contribution is -0.111. The van der Waals surface area contributed by atoms with Crippen molar-refractivity contribution in [2.45, 2.75) is 39.0 Å². The van der Waals surface area contributed by atoms with Crippen LogP contribution < -0.4 is 15.4 Å². The van der Waals surface area contributed by atoms with Gasteiger partial charge in [0.15, 0.2) is 0 Å². The van der Waals surface area contributed by atoms with E-state index in [0.29, 0.717) is 40.5 Å². The minimum Gasteiger partial charge on any atom is -0.492 e. The highest BCUT2D eigenvalue weighted by Crippen LogP contribution is 2.34. The van der Waals surface area contributed by atoms with Crippen molar-refractivity contribution >= 4 is 45.6 Å². The molecule has 0 radical (unpaired) electrons. The lowest BCUT2D eigenvalue weighted by atomic mass is 10.1. The maximum atomic E-state index is 13.6. The number of halogens is 2. The number of ether oxygens (including phenoxy) is 1. The van der Waals surface area contributed by atoms with Crippen LogP contribution in [0.25, 0.3) is 10.9 Å². The first-order valence-corrected chi connectivity index (χ1v) is 12.7. The summed E-state index contributed by atoms with van der Waals surface area (Å²) >= 11 is 5.92. The number of nitrogens with zero attached hydrogens (tertiary/aromatic N) is 3. The van der Waals surface area contributed by atoms with Crippen LogP contribution >= 0.6 is 11.6 Å². The lowest BCUT2D eigenvalue weighted by Gasteiger charge is -2.25. The number of hydrogen-bond acceptors (Lipinski definition) is 6. The number of allylic oxidation sites excluding steroid dienone is 1. The Morgan fingerprint density at radius 3 is 2.81 bits per heavy atom. The lowest BCUT2D eigenvalue weighted by Crippen LogP contribution is -2.30. The third-order valence-electron chi connectivity index (χ3n) is 6.04. The zero-order chi connectivity index (χ0) is 25.3. The Bertz CT molecular complexity index is 1230. The summed E-state index contributed by atoms with van der Waals surface area (Å²) in [6, 6.07) is 7.88. The first-order valence-electron chi connectivity index (χ1n) is 12.4. The van der Waals surface area contributed by atoms with Crippen molar-refractivity contribution in [3.05, 3.63) is 59.7 Å². The number of carbonyl (C=O) groups excluding carboxylic acids is 1. The van der Waals surface area contributed by atoms with Gasteiger partial charge in [-0.25, -0.2) is 14.4 Å². The van der Waals surface area contributed by atoms with Crippen molar-refractivity contribution in [3.63, 3.8) is 0 Å². The quantitative estimate of drug-likeness (QED) is 0.245. The number of unbranched alkanes of at least 4 members (excludes halogenated alkanes) is 1. The molecule has 36 heavy (non-hydrogen) atoms. The van der Waals surface area contributed by atoms with Crippen molar-refractivity contribution in [3.8, 4) is 5.75 Å². The third-order valence-corrected chi connectivity index (χ3v) is 6.33. The van der Waals surface area contributed by atoms with E-state index >= 15 is 0 Å². The van der Waals surface area contributed by atoms with E-state index in [0.717, 1.165) is 19.4 Å². The second-order valence-corrected chi connectivity index (χ2v) is 9.12. The molecule has 1 aliphatic rings. The van der Waals surface area contributed by atoms with Gasteiger partial charge in [0.2, 0.25) is 5.91 Å². The number of piperidine rings is 1. The van der Waals surface area contributed by atoms with E-state index < -0.39 is 5.82 Å². The van der Waals surface area contributed by atoms with E-state index in [1.807, 2.05) is 13.0 Å². The molecular formula is C27H31ClFN5O2. The molecule has 0 atom stereocenters. The summed E-state index contributed by atoms with van der Waals surface area (Å²) in [6.45, 7) is 5.75. The Labute approximate surface area is 215 Å². The Kier molecular flexibility index (Phi) is 9.08. The summed E-state index contributed by atoms with van der Waals surface area (Å²) in [6.07, 6.45) is 10.7. The predicted molar refractivity (Wildman–Crippen MR) is 143 cm³/mol. The molecule has 190 valence electrons. The maximum absolute atomic E-state index is 13.6. The number of rotatable bonds is 10. The van der Waals surface area contributed by atoms with Crippen LogP contribution in [0.2, 0.25) is 5.02 Å². The number of amides is 1. The molecule has 7 nitrogen and oxygen atoms in total. The van der Waals surface area contributed by atoms with Gasteiger partial charge in [0.05, 0.1) is 22.8 Å². The fourth-order valence-corrected chi connectivity index (χ4v) is 4.43. The van der Waals surface area contributed by atoms with Gasteiger partial charge >= 0.3 is 0 Å². The molecule has 2 N–H and O–H groups in total. The van der Waals surface area contributed by atoms with E-state index in [9.17, 15) is 9.18 Å². The van der Waals surface area contributed by atoms with Crippen molar-refractivity contribution < 1.29 is 13.9 Å². The summed E-state index contributed by atoms with van der Waals surface area (Å²) in [5, 5.41) is 6.74. The number of nitrogens with one attached hydrogen (secondary N) is 2. The van der Waals surface area contributed by atoms with Crippen LogP contribution in [0.5, 0.6) is 5.75 Å². The van der Waals surface area contributed by atoms with Gasteiger partial charge in [-0.1, -0.05) is 24.1 Å². The maximum Gasteiger partial charge on any atom is 0.248 e. The number of fused-ring (bicyclic) bond motifs is 1. The Balaban J connectivity index is 1.47. The van der Waals surface area contributed by atoms with Crippen LogP contribution in [-0.2, 0) is 4.79 Å². The smallest absolute Gasteiger partial charge is 0.248 e. The van der Waals surface area contributed by atoms with Crippen LogP contribution in [0.4, 0.5) is 21.6 Å². The minimum absolute atomic E-state index is 0.00709. The number of anilines is 3. The monoisotopic (exact) mass is 511 g/mol. The van der Waals surface area contributed by atoms with Crippen LogP contribution in [0.3, 0.4) is 0 Å². The second-order valence-electron chi connectivity index (χ2n) is 8.71. The first kappa shape index (κ1) is 25.9. The third kappa shape index (κ3) is 6.92. The first-order chi connectivity index (χ1) is 17.5. The van der Waals surface area contributed by atoms with Gasteiger partial charge in [-0.3, -0.25) is 4.79 Å². The highest BCUT2D eigenvalue weighted by atomic mass is 35.5. The highest BCUT2D eigenvalue weighted by molar-refractivity contribution is 6.31. The molecular weight excluding hydrogens is 481 g/mol. The molecule has 9 heteroatoms. The zero-order valence-corrected chi connectivity index (χ0v) is 21.2. The molecule has 1 saturated heterocycles. The number of carbonyl (C=O) groups is 1. The number of benzene rings is 2. The molecule has 1 amide bonds. The average Bonchev–Trinajstić information content (AvgIpc) is 2.87. The van der Waals surface area contributed by atoms with Crippen LogP contribution in [0.15, 0.2) is 48.8 Å². The SMILES string of the molecule is CCOc1cc2ncnc(Nc3ccc(F)c(Cl)c3)c2cc1NC(=O)C=CCCCN1CCCCC1.